The van der Waals surface area contributed by atoms with E-state index in [0.717, 1.165) is 35.5 Å². The first-order chi connectivity index (χ1) is 15.6. The largest absolute Gasteiger partial charge is 0.497 e. The highest BCUT2D eigenvalue weighted by molar-refractivity contribution is 7.14. The molecule has 4 aromatic rings. The van der Waals surface area contributed by atoms with Gasteiger partial charge in [0.15, 0.2) is 0 Å². The van der Waals surface area contributed by atoms with Gasteiger partial charge in [-0.05, 0) is 61.9 Å². The molecule has 0 aliphatic rings. The molecule has 0 aliphatic carbocycles. The SMILES string of the molecule is CCN(CC)c1ccc2cc(-c3csc(N/N=C/c4ccc(OC)cc4)n3)c(=O)oc2c1. The summed E-state index contributed by atoms with van der Waals surface area (Å²) in [4.78, 5) is 19.3. The zero-order valence-electron chi connectivity index (χ0n) is 18.2. The van der Waals surface area contributed by atoms with Gasteiger partial charge in [0.2, 0.25) is 5.13 Å². The molecule has 0 bridgehead atoms. The van der Waals surface area contributed by atoms with Gasteiger partial charge < -0.3 is 14.1 Å². The predicted octanol–water partition coefficient (Wildman–Crippen LogP) is 5.22. The van der Waals surface area contributed by atoms with E-state index in [2.05, 4.69) is 34.3 Å². The maximum absolute atomic E-state index is 12.6. The summed E-state index contributed by atoms with van der Waals surface area (Å²) in [5, 5.41) is 7.47. The summed E-state index contributed by atoms with van der Waals surface area (Å²) < 4.78 is 10.8. The molecule has 2 heterocycles. The molecule has 32 heavy (non-hydrogen) atoms. The number of rotatable bonds is 8. The van der Waals surface area contributed by atoms with Crippen LogP contribution in [-0.2, 0) is 0 Å². The second kappa shape index (κ2) is 9.65. The lowest BCUT2D eigenvalue weighted by Crippen LogP contribution is -2.21. The van der Waals surface area contributed by atoms with E-state index in [-0.39, 0.29) is 0 Å². The normalized spacial score (nSPS) is 11.2. The molecule has 0 spiro atoms. The Morgan fingerprint density at radius 2 is 1.94 bits per heavy atom. The van der Waals surface area contributed by atoms with E-state index >= 15 is 0 Å². The molecule has 1 N–H and O–H groups in total. The lowest BCUT2D eigenvalue weighted by molar-refractivity contribution is 0.415. The first-order valence-corrected chi connectivity index (χ1v) is 11.2. The highest BCUT2D eigenvalue weighted by Gasteiger charge is 2.13. The van der Waals surface area contributed by atoms with Gasteiger partial charge in [0.05, 0.1) is 24.6 Å². The number of methoxy groups -OCH3 is 1. The zero-order valence-corrected chi connectivity index (χ0v) is 19.0. The number of aromatic nitrogens is 1. The average molecular weight is 449 g/mol. The Hall–Kier alpha value is -3.65. The number of nitrogens with one attached hydrogen (secondary N) is 1. The van der Waals surface area contributed by atoms with Gasteiger partial charge in [-0.25, -0.2) is 9.78 Å². The van der Waals surface area contributed by atoms with Crippen molar-refractivity contribution in [3.8, 4) is 17.0 Å². The van der Waals surface area contributed by atoms with E-state index in [1.165, 1.54) is 11.3 Å². The summed E-state index contributed by atoms with van der Waals surface area (Å²) in [6.07, 6.45) is 1.69. The first-order valence-electron chi connectivity index (χ1n) is 10.3. The van der Waals surface area contributed by atoms with Gasteiger partial charge in [0.25, 0.3) is 0 Å². The van der Waals surface area contributed by atoms with Crippen molar-refractivity contribution in [2.45, 2.75) is 13.8 Å². The highest BCUT2D eigenvalue weighted by atomic mass is 32.1. The van der Waals surface area contributed by atoms with Gasteiger partial charge in [0, 0.05) is 35.6 Å². The third-order valence-corrected chi connectivity index (χ3v) is 5.86. The lowest BCUT2D eigenvalue weighted by atomic mass is 10.1. The van der Waals surface area contributed by atoms with E-state index in [0.29, 0.717) is 22.0 Å². The average Bonchev–Trinajstić information content (AvgIpc) is 3.28. The van der Waals surface area contributed by atoms with Crippen LogP contribution in [0.2, 0.25) is 0 Å². The number of hydrazone groups is 1. The Bertz CT molecular complexity index is 1290. The fourth-order valence-electron chi connectivity index (χ4n) is 3.36. The second-order valence-corrected chi connectivity index (χ2v) is 7.88. The molecule has 2 aromatic heterocycles. The van der Waals surface area contributed by atoms with Gasteiger partial charge in [-0.15, -0.1) is 11.3 Å². The van der Waals surface area contributed by atoms with Crippen molar-refractivity contribution in [3.63, 3.8) is 0 Å². The summed E-state index contributed by atoms with van der Waals surface area (Å²) in [6.45, 7) is 5.98. The minimum Gasteiger partial charge on any atom is -0.497 e. The molecule has 0 aliphatic heterocycles. The molecule has 8 heteroatoms. The molecule has 0 radical (unpaired) electrons. The Labute approximate surface area is 190 Å². The van der Waals surface area contributed by atoms with Crippen molar-refractivity contribution >= 4 is 39.3 Å². The number of fused-ring (bicyclic) bond motifs is 1. The molecule has 0 saturated carbocycles. The number of hydrogen-bond acceptors (Lipinski definition) is 8. The number of ether oxygens (including phenoxy) is 1. The Kier molecular flexibility index (Phi) is 6.51. The van der Waals surface area contributed by atoms with Crippen LogP contribution in [0.25, 0.3) is 22.2 Å². The third kappa shape index (κ3) is 4.65. The molecule has 4 rings (SSSR count). The maximum Gasteiger partial charge on any atom is 0.345 e. The van der Waals surface area contributed by atoms with Crippen molar-refractivity contribution in [1.29, 1.82) is 0 Å². The van der Waals surface area contributed by atoms with Gasteiger partial charge in [-0.2, -0.15) is 5.10 Å². The fourth-order valence-corrected chi connectivity index (χ4v) is 4.02. The van der Waals surface area contributed by atoms with Gasteiger partial charge >= 0.3 is 5.63 Å². The number of anilines is 2. The van der Waals surface area contributed by atoms with Crippen molar-refractivity contribution in [3.05, 3.63) is 69.9 Å². The van der Waals surface area contributed by atoms with Crippen molar-refractivity contribution in [2.75, 3.05) is 30.5 Å². The standard InChI is InChI=1S/C24H24N4O3S/c1-4-28(5-2)18-9-8-17-12-20(23(29)31-22(17)13-18)21-15-32-24(26-21)27-25-14-16-6-10-19(30-3)11-7-16/h6-15H,4-5H2,1-3H3,(H,26,27)/b25-14+. The van der Waals surface area contributed by atoms with E-state index in [4.69, 9.17) is 9.15 Å². The molecule has 0 unspecified atom stereocenters. The minimum absolute atomic E-state index is 0.409. The van der Waals surface area contributed by atoms with Crippen LogP contribution >= 0.6 is 11.3 Å². The van der Waals surface area contributed by atoms with Crippen molar-refractivity contribution < 1.29 is 9.15 Å². The maximum atomic E-state index is 12.6. The number of hydrogen-bond donors (Lipinski definition) is 1. The summed E-state index contributed by atoms with van der Waals surface area (Å²) >= 11 is 1.37. The molecule has 2 aromatic carbocycles. The van der Waals surface area contributed by atoms with E-state index < -0.39 is 5.63 Å². The molecule has 0 fully saturated rings. The monoisotopic (exact) mass is 448 g/mol. The van der Waals surface area contributed by atoms with Gasteiger partial charge in [-0.3, -0.25) is 5.43 Å². The smallest absolute Gasteiger partial charge is 0.345 e. The van der Waals surface area contributed by atoms with Crippen molar-refractivity contribution in [2.24, 2.45) is 5.10 Å². The van der Waals surface area contributed by atoms with Crippen LogP contribution in [0.1, 0.15) is 19.4 Å². The predicted molar refractivity (Wildman–Crippen MR) is 131 cm³/mol. The molecule has 164 valence electrons. The summed E-state index contributed by atoms with van der Waals surface area (Å²) in [5.74, 6) is 0.790. The molecular weight excluding hydrogens is 424 g/mol. The van der Waals surface area contributed by atoms with Crippen molar-refractivity contribution in [1.82, 2.24) is 4.98 Å². The highest BCUT2D eigenvalue weighted by Crippen LogP contribution is 2.27. The van der Waals surface area contributed by atoms with E-state index in [1.807, 2.05) is 53.9 Å². The topological polar surface area (TPSA) is 80.0 Å². The van der Waals surface area contributed by atoms with Crippen LogP contribution < -0.4 is 20.7 Å². The lowest BCUT2D eigenvalue weighted by Gasteiger charge is -2.20. The molecule has 0 saturated heterocycles. The molecular formula is C24H24N4O3S. The Morgan fingerprint density at radius 1 is 1.16 bits per heavy atom. The second-order valence-electron chi connectivity index (χ2n) is 7.02. The van der Waals surface area contributed by atoms with Crippen LogP contribution in [0.5, 0.6) is 5.75 Å². The summed E-state index contributed by atoms with van der Waals surface area (Å²) in [6, 6.07) is 15.3. The van der Waals surface area contributed by atoms with Crippen LogP contribution in [-0.4, -0.2) is 31.4 Å². The third-order valence-electron chi connectivity index (χ3n) is 5.12. The summed E-state index contributed by atoms with van der Waals surface area (Å²) in [5.41, 5.74) is 6.01. The molecule has 0 atom stereocenters. The number of thiazole rings is 1. The van der Waals surface area contributed by atoms with E-state index in [9.17, 15) is 4.79 Å². The first kappa shape index (κ1) is 21.6. The van der Waals surface area contributed by atoms with Crippen LogP contribution in [0.4, 0.5) is 10.8 Å². The quantitative estimate of drug-likeness (QED) is 0.226. The Balaban J connectivity index is 1.53. The van der Waals surface area contributed by atoms with Crippen LogP contribution in [0.15, 0.2) is 68.2 Å². The number of benzene rings is 2. The molecule has 7 nitrogen and oxygen atoms in total. The van der Waals surface area contributed by atoms with E-state index in [1.54, 1.807) is 13.3 Å². The number of nitrogens with zero attached hydrogens (tertiary/aromatic N) is 3. The zero-order chi connectivity index (χ0) is 22.5. The summed E-state index contributed by atoms with van der Waals surface area (Å²) in [7, 11) is 1.63. The minimum atomic E-state index is -0.409. The van der Waals surface area contributed by atoms with Gasteiger partial charge in [-0.1, -0.05) is 0 Å². The Morgan fingerprint density at radius 3 is 2.66 bits per heavy atom. The van der Waals surface area contributed by atoms with Crippen LogP contribution in [0.3, 0.4) is 0 Å². The van der Waals surface area contributed by atoms with Crippen LogP contribution in [0, 0.1) is 0 Å². The molecule has 0 amide bonds. The van der Waals surface area contributed by atoms with Gasteiger partial charge in [0.1, 0.15) is 11.3 Å². The fraction of sp³-hybridized carbons (Fsp3) is 0.208.